The van der Waals surface area contributed by atoms with E-state index in [1.807, 2.05) is 25.2 Å². The molecule has 0 saturated carbocycles. The fraction of sp³-hybridized carbons (Fsp3) is 0.478. The fourth-order valence-corrected chi connectivity index (χ4v) is 3.71. The molecule has 0 radical (unpaired) electrons. The SMILES string of the molecule is Cc1ccc([C@@H](CNC(=O)N(C)Cc2ccccn2)N2CCC(C)CC2)cc1. The number of nitrogens with one attached hydrogen (secondary N) is 1. The summed E-state index contributed by atoms with van der Waals surface area (Å²) in [7, 11) is 1.81. The van der Waals surface area contributed by atoms with E-state index in [0.717, 1.165) is 24.7 Å². The maximum atomic E-state index is 12.6. The first kappa shape index (κ1) is 20.3. The zero-order valence-corrected chi connectivity index (χ0v) is 17.3. The number of aromatic nitrogens is 1. The van der Waals surface area contributed by atoms with Crippen molar-refractivity contribution in [1.29, 1.82) is 0 Å². The molecule has 5 nitrogen and oxygen atoms in total. The first-order valence-electron chi connectivity index (χ1n) is 10.2. The number of urea groups is 1. The summed E-state index contributed by atoms with van der Waals surface area (Å²) >= 11 is 0. The maximum absolute atomic E-state index is 12.6. The third-order valence-electron chi connectivity index (χ3n) is 5.64. The molecule has 0 unspecified atom stereocenters. The molecule has 1 aliphatic rings. The number of carbonyl (C=O) groups excluding carboxylic acids is 1. The summed E-state index contributed by atoms with van der Waals surface area (Å²) in [6.45, 7) is 7.72. The lowest BCUT2D eigenvalue weighted by Gasteiger charge is -2.37. The van der Waals surface area contributed by atoms with E-state index in [1.54, 1.807) is 11.1 Å². The summed E-state index contributed by atoms with van der Waals surface area (Å²) in [6, 6.07) is 14.6. The van der Waals surface area contributed by atoms with Crippen LogP contribution in [0.25, 0.3) is 0 Å². The Bertz CT molecular complexity index is 739. The van der Waals surface area contributed by atoms with Gasteiger partial charge in [-0.2, -0.15) is 0 Å². The van der Waals surface area contributed by atoms with E-state index in [4.69, 9.17) is 0 Å². The average molecular weight is 381 g/mol. The number of nitrogens with zero attached hydrogens (tertiary/aromatic N) is 3. The topological polar surface area (TPSA) is 48.5 Å². The maximum Gasteiger partial charge on any atom is 0.317 e. The first-order chi connectivity index (χ1) is 13.5. The normalized spacial score (nSPS) is 16.5. The third-order valence-corrected chi connectivity index (χ3v) is 5.64. The van der Waals surface area contributed by atoms with Crippen LogP contribution in [-0.4, -0.2) is 47.5 Å². The monoisotopic (exact) mass is 380 g/mol. The summed E-state index contributed by atoms with van der Waals surface area (Å²) in [5, 5.41) is 3.14. The van der Waals surface area contributed by atoms with Gasteiger partial charge in [0.25, 0.3) is 0 Å². The molecule has 150 valence electrons. The minimum absolute atomic E-state index is 0.0619. The number of hydrogen-bond donors (Lipinski definition) is 1. The fourth-order valence-electron chi connectivity index (χ4n) is 3.71. The van der Waals surface area contributed by atoms with E-state index in [0.29, 0.717) is 13.1 Å². The molecule has 1 fully saturated rings. The molecule has 3 rings (SSSR count). The number of piperidine rings is 1. The van der Waals surface area contributed by atoms with Gasteiger partial charge in [-0.1, -0.05) is 42.8 Å². The van der Waals surface area contributed by atoms with Crippen molar-refractivity contribution in [2.45, 2.75) is 39.3 Å². The van der Waals surface area contributed by atoms with E-state index in [2.05, 4.69) is 53.3 Å². The van der Waals surface area contributed by atoms with Crippen LogP contribution >= 0.6 is 0 Å². The first-order valence-corrected chi connectivity index (χ1v) is 10.2. The van der Waals surface area contributed by atoms with Crippen molar-refractivity contribution in [2.75, 3.05) is 26.7 Å². The summed E-state index contributed by atoms with van der Waals surface area (Å²) in [4.78, 5) is 21.1. The summed E-state index contributed by atoms with van der Waals surface area (Å²) in [5.41, 5.74) is 3.42. The molecule has 0 spiro atoms. The van der Waals surface area contributed by atoms with E-state index in [9.17, 15) is 4.79 Å². The number of pyridine rings is 1. The molecule has 28 heavy (non-hydrogen) atoms. The van der Waals surface area contributed by atoms with Gasteiger partial charge >= 0.3 is 6.03 Å². The number of aryl methyl sites for hydroxylation is 1. The Balaban J connectivity index is 1.63. The standard InChI is InChI=1S/C23H32N4O/c1-18-7-9-20(10-8-18)22(27-14-11-19(2)12-15-27)16-25-23(28)26(3)17-21-6-4-5-13-24-21/h4-10,13,19,22H,11-12,14-17H2,1-3H3,(H,25,28)/t22-/m1/s1. The van der Waals surface area contributed by atoms with Crippen LogP contribution in [0.3, 0.4) is 0 Å². The van der Waals surface area contributed by atoms with Gasteiger partial charge in [0.05, 0.1) is 18.3 Å². The molecule has 0 bridgehead atoms. The largest absolute Gasteiger partial charge is 0.336 e. The van der Waals surface area contributed by atoms with Crippen molar-refractivity contribution in [2.24, 2.45) is 5.92 Å². The van der Waals surface area contributed by atoms with E-state index < -0.39 is 0 Å². The number of hydrogen-bond acceptors (Lipinski definition) is 3. The van der Waals surface area contributed by atoms with Gasteiger partial charge in [0, 0.05) is 19.8 Å². The second-order valence-electron chi connectivity index (χ2n) is 8.01. The Hall–Kier alpha value is -2.40. The van der Waals surface area contributed by atoms with E-state index in [-0.39, 0.29) is 12.1 Å². The Labute approximate surface area is 168 Å². The minimum atomic E-state index is -0.0619. The molecule has 0 aliphatic carbocycles. The summed E-state index contributed by atoms with van der Waals surface area (Å²) in [5.74, 6) is 0.786. The van der Waals surface area contributed by atoms with Gasteiger partial charge in [0.15, 0.2) is 0 Å². The van der Waals surface area contributed by atoms with Crippen LogP contribution in [0.1, 0.15) is 42.6 Å². The lowest BCUT2D eigenvalue weighted by molar-refractivity contribution is 0.134. The minimum Gasteiger partial charge on any atom is -0.336 e. The Morgan fingerprint density at radius 1 is 1.21 bits per heavy atom. The summed E-state index contributed by atoms with van der Waals surface area (Å²) < 4.78 is 0. The highest BCUT2D eigenvalue weighted by atomic mass is 16.2. The second-order valence-corrected chi connectivity index (χ2v) is 8.01. The highest BCUT2D eigenvalue weighted by Gasteiger charge is 2.25. The van der Waals surface area contributed by atoms with Gasteiger partial charge in [-0.25, -0.2) is 4.79 Å². The number of benzene rings is 1. The zero-order valence-electron chi connectivity index (χ0n) is 17.3. The average Bonchev–Trinajstić information content (AvgIpc) is 2.71. The molecule has 1 N–H and O–H groups in total. The van der Waals surface area contributed by atoms with Gasteiger partial charge in [0.1, 0.15) is 0 Å². The predicted molar refractivity (Wildman–Crippen MR) is 113 cm³/mol. The van der Waals surface area contributed by atoms with Gasteiger partial charge in [-0.05, 0) is 56.5 Å². The zero-order chi connectivity index (χ0) is 19.9. The molecular formula is C23H32N4O. The van der Waals surface area contributed by atoms with Crippen molar-refractivity contribution in [3.63, 3.8) is 0 Å². The number of rotatable bonds is 6. The van der Waals surface area contributed by atoms with Crippen molar-refractivity contribution in [1.82, 2.24) is 20.1 Å². The quantitative estimate of drug-likeness (QED) is 0.824. The third kappa shape index (κ3) is 5.55. The number of carbonyl (C=O) groups is 1. The lowest BCUT2D eigenvalue weighted by atomic mass is 9.95. The Kier molecular flexibility index (Phi) is 7.04. The molecule has 5 heteroatoms. The second kappa shape index (κ2) is 9.69. The van der Waals surface area contributed by atoms with Crippen LogP contribution in [0, 0.1) is 12.8 Å². The highest BCUT2D eigenvalue weighted by molar-refractivity contribution is 5.73. The van der Waals surface area contributed by atoms with Crippen molar-refractivity contribution >= 4 is 6.03 Å². The highest BCUT2D eigenvalue weighted by Crippen LogP contribution is 2.26. The van der Waals surface area contributed by atoms with Crippen LogP contribution in [0.15, 0.2) is 48.7 Å². The molecule has 1 aliphatic heterocycles. The van der Waals surface area contributed by atoms with Crippen molar-refractivity contribution in [3.05, 3.63) is 65.5 Å². The van der Waals surface area contributed by atoms with Crippen LogP contribution in [0.4, 0.5) is 4.79 Å². The van der Waals surface area contributed by atoms with E-state index in [1.165, 1.54) is 24.0 Å². The van der Waals surface area contributed by atoms with Crippen LogP contribution < -0.4 is 5.32 Å². The van der Waals surface area contributed by atoms with Gasteiger partial charge < -0.3 is 10.2 Å². The van der Waals surface area contributed by atoms with Gasteiger partial charge in [-0.15, -0.1) is 0 Å². The Morgan fingerprint density at radius 3 is 2.57 bits per heavy atom. The Morgan fingerprint density at radius 2 is 1.93 bits per heavy atom. The van der Waals surface area contributed by atoms with Gasteiger partial charge in [-0.3, -0.25) is 9.88 Å². The molecule has 2 heterocycles. The smallest absolute Gasteiger partial charge is 0.317 e. The number of amides is 2. The van der Waals surface area contributed by atoms with Crippen molar-refractivity contribution < 1.29 is 4.79 Å². The van der Waals surface area contributed by atoms with E-state index >= 15 is 0 Å². The summed E-state index contributed by atoms with van der Waals surface area (Å²) in [6.07, 6.45) is 4.19. The molecule has 2 aromatic rings. The molecular weight excluding hydrogens is 348 g/mol. The van der Waals surface area contributed by atoms with Crippen LogP contribution in [-0.2, 0) is 6.54 Å². The lowest BCUT2D eigenvalue weighted by Crippen LogP contribution is -2.44. The molecule has 1 atom stereocenters. The predicted octanol–water partition coefficient (Wildman–Crippen LogP) is 4.00. The van der Waals surface area contributed by atoms with Crippen LogP contribution in [0.2, 0.25) is 0 Å². The molecule has 1 saturated heterocycles. The molecule has 1 aromatic carbocycles. The molecule has 1 aromatic heterocycles. The molecule has 2 amide bonds. The van der Waals surface area contributed by atoms with Crippen LogP contribution in [0.5, 0.6) is 0 Å². The van der Waals surface area contributed by atoms with Crippen molar-refractivity contribution in [3.8, 4) is 0 Å². The van der Waals surface area contributed by atoms with Gasteiger partial charge in [0.2, 0.25) is 0 Å². The number of likely N-dealkylation sites (tertiary alicyclic amines) is 1.